The van der Waals surface area contributed by atoms with E-state index in [9.17, 15) is 14.4 Å². The predicted molar refractivity (Wildman–Crippen MR) is 63.4 cm³/mol. The quantitative estimate of drug-likeness (QED) is 0.727. The van der Waals surface area contributed by atoms with Crippen LogP contribution in [0.1, 0.15) is 13.8 Å². The van der Waals surface area contributed by atoms with Gasteiger partial charge >= 0.3 is 5.97 Å². The summed E-state index contributed by atoms with van der Waals surface area (Å²) in [6, 6.07) is -0.474. The first kappa shape index (κ1) is 13.8. The van der Waals surface area contributed by atoms with E-state index >= 15 is 0 Å². The number of rotatable bonds is 4. The largest absolute Gasteiger partial charge is 0.481 e. The van der Waals surface area contributed by atoms with E-state index in [1.165, 1.54) is 30.5 Å². The van der Waals surface area contributed by atoms with Crippen molar-refractivity contribution in [2.24, 2.45) is 5.92 Å². The Bertz CT molecular complexity index is 334. The van der Waals surface area contributed by atoms with Crippen molar-refractivity contribution in [1.29, 1.82) is 0 Å². The van der Waals surface area contributed by atoms with E-state index in [1.807, 2.05) is 0 Å². The Kier molecular flexibility index (Phi) is 4.80. The monoisotopic (exact) mass is 260 g/mol. The second-order valence-electron chi connectivity index (χ2n) is 3.99. The molecule has 0 unspecified atom stereocenters. The summed E-state index contributed by atoms with van der Waals surface area (Å²) >= 11 is 1.52. The lowest BCUT2D eigenvalue weighted by Gasteiger charge is -2.21. The van der Waals surface area contributed by atoms with Gasteiger partial charge in [0.05, 0.1) is 11.8 Å². The minimum absolute atomic E-state index is 0.0844. The molecular formula is C10H16N2O4S. The first-order valence-corrected chi connectivity index (χ1v) is 6.44. The second kappa shape index (κ2) is 5.90. The Balaban J connectivity index is 2.47. The molecule has 1 aliphatic heterocycles. The summed E-state index contributed by atoms with van der Waals surface area (Å²) in [5.74, 6) is -0.914. The molecule has 0 spiro atoms. The molecule has 17 heavy (non-hydrogen) atoms. The number of carbonyl (C=O) groups is 3. The van der Waals surface area contributed by atoms with Crippen LogP contribution in [0, 0.1) is 5.92 Å². The third-order valence-electron chi connectivity index (χ3n) is 2.59. The molecule has 2 N–H and O–H groups in total. The lowest BCUT2D eigenvalue weighted by molar-refractivity contribution is -0.141. The molecule has 0 radical (unpaired) electrons. The SMILES string of the molecule is CC(=O)N1CSC[C@@H]1C(=O)NC[C@@H](C)C(=O)O. The van der Waals surface area contributed by atoms with Gasteiger partial charge in [-0.15, -0.1) is 11.8 Å². The summed E-state index contributed by atoms with van der Waals surface area (Å²) in [6.45, 7) is 3.03. The van der Waals surface area contributed by atoms with E-state index in [1.54, 1.807) is 0 Å². The third-order valence-corrected chi connectivity index (χ3v) is 3.61. The zero-order valence-corrected chi connectivity index (χ0v) is 10.6. The summed E-state index contributed by atoms with van der Waals surface area (Å²) in [4.78, 5) is 35.1. The van der Waals surface area contributed by atoms with Crippen LogP contribution in [-0.4, -0.2) is 52.0 Å². The van der Waals surface area contributed by atoms with Gasteiger partial charge in [0, 0.05) is 19.2 Å². The van der Waals surface area contributed by atoms with Crippen molar-refractivity contribution in [3.8, 4) is 0 Å². The highest BCUT2D eigenvalue weighted by atomic mass is 32.2. The van der Waals surface area contributed by atoms with Crippen molar-refractivity contribution in [2.45, 2.75) is 19.9 Å². The fraction of sp³-hybridized carbons (Fsp3) is 0.700. The highest BCUT2D eigenvalue weighted by Gasteiger charge is 2.32. The van der Waals surface area contributed by atoms with Gasteiger partial charge in [-0.2, -0.15) is 0 Å². The standard InChI is InChI=1S/C10H16N2O4S/c1-6(10(15)16)3-11-9(14)8-4-17-5-12(8)7(2)13/h6,8H,3-5H2,1-2H3,(H,11,14)(H,15,16)/t6-,8-/m1/s1. The molecule has 6 nitrogen and oxygen atoms in total. The van der Waals surface area contributed by atoms with Crippen LogP contribution in [-0.2, 0) is 14.4 Å². The van der Waals surface area contributed by atoms with E-state index in [0.717, 1.165) is 0 Å². The smallest absolute Gasteiger partial charge is 0.308 e. The maximum atomic E-state index is 11.8. The molecule has 0 aromatic heterocycles. The number of aliphatic carboxylic acids is 1. The first-order chi connectivity index (χ1) is 7.93. The number of carboxylic acids is 1. The van der Waals surface area contributed by atoms with Crippen molar-refractivity contribution in [3.63, 3.8) is 0 Å². The number of amides is 2. The molecule has 0 aromatic carbocycles. The Labute approximate surface area is 104 Å². The van der Waals surface area contributed by atoms with E-state index < -0.39 is 17.9 Å². The van der Waals surface area contributed by atoms with E-state index in [4.69, 9.17) is 5.11 Å². The van der Waals surface area contributed by atoms with Gasteiger partial charge in [-0.25, -0.2) is 0 Å². The predicted octanol–water partition coefficient (Wildman–Crippen LogP) is -0.255. The average Bonchev–Trinajstić information content (AvgIpc) is 2.73. The number of hydrogen-bond donors (Lipinski definition) is 2. The Hall–Kier alpha value is -1.24. The van der Waals surface area contributed by atoms with Crippen LogP contribution in [0.4, 0.5) is 0 Å². The Morgan fingerprint density at radius 1 is 1.53 bits per heavy atom. The molecular weight excluding hydrogens is 244 g/mol. The topological polar surface area (TPSA) is 86.7 Å². The summed E-state index contributed by atoms with van der Waals surface area (Å²) in [5.41, 5.74) is 0. The van der Waals surface area contributed by atoms with Gasteiger partial charge in [0.15, 0.2) is 0 Å². The number of carbonyl (C=O) groups excluding carboxylic acids is 2. The van der Waals surface area contributed by atoms with E-state index in [2.05, 4.69) is 5.32 Å². The minimum Gasteiger partial charge on any atom is -0.481 e. The summed E-state index contributed by atoms with van der Waals surface area (Å²) < 4.78 is 0. The molecule has 1 rings (SSSR count). The summed E-state index contributed by atoms with van der Waals surface area (Å²) in [6.07, 6.45) is 0. The molecule has 2 atom stereocenters. The van der Waals surface area contributed by atoms with Crippen LogP contribution in [0.25, 0.3) is 0 Å². The highest BCUT2D eigenvalue weighted by Crippen LogP contribution is 2.20. The summed E-state index contributed by atoms with van der Waals surface area (Å²) in [5, 5.41) is 11.2. The van der Waals surface area contributed by atoms with Crippen LogP contribution in [0.15, 0.2) is 0 Å². The van der Waals surface area contributed by atoms with Gasteiger partial charge in [0.1, 0.15) is 6.04 Å². The number of hydrogen-bond acceptors (Lipinski definition) is 4. The van der Waals surface area contributed by atoms with Gasteiger partial charge in [-0.1, -0.05) is 6.92 Å². The molecule has 0 aliphatic carbocycles. The number of carboxylic acid groups (broad SMARTS) is 1. The van der Waals surface area contributed by atoms with Gasteiger partial charge in [-0.05, 0) is 0 Å². The van der Waals surface area contributed by atoms with Crippen molar-refractivity contribution in [3.05, 3.63) is 0 Å². The van der Waals surface area contributed by atoms with Gasteiger partial charge in [0.2, 0.25) is 11.8 Å². The first-order valence-electron chi connectivity index (χ1n) is 5.29. The number of nitrogens with one attached hydrogen (secondary N) is 1. The molecule has 0 saturated carbocycles. The van der Waals surface area contributed by atoms with Gasteiger partial charge in [-0.3, -0.25) is 14.4 Å². The van der Waals surface area contributed by atoms with Crippen LogP contribution in [0.2, 0.25) is 0 Å². The van der Waals surface area contributed by atoms with Gasteiger partial charge < -0.3 is 15.3 Å². The zero-order chi connectivity index (χ0) is 13.0. The zero-order valence-electron chi connectivity index (χ0n) is 9.80. The second-order valence-corrected chi connectivity index (χ2v) is 4.99. The van der Waals surface area contributed by atoms with Crippen LogP contribution in [0.5, 0.6) is 0 Å². The van der Waals surface area contributed by atoms with Crippen molar-refractivity contribution >= 4 is 29.5 Å². The normalized spacial score (nSPS) is 21.1. The highest BCUT2D eigenvalue weighted by molar-refractivity contribution is 7.99. The molecule has 1 aliphatic rings. The maximum absolute atomic E-state index is 11.8. The fourth-order valence-corrected chi connectivity index (χ4v) is 2.65. The lowest BCUT2D eigenvalue weighted by Crippen LogP contribution is -2.47. The number of thioether (sulfide) groups is 1. The molecule has 2 amide bonds. The average molecular weight is 260 g/mol. The molecule has 0 bridgehead atoms. The van der Waals surface area contributed by atoms with Crippen LogP contribution < -0.4 is 5.32 Å². The maximum Gasteiger partial charge on any atom is 0.308 e. The Morgan fingerprint density at radius 2 is 2.18 bits per heavy atom. The number of nitrogens with zero attached hydrogens (tertiary/aromatic N) is 1. The van der Waals surface area contributed by atoms with Crippen LogP contribution >= 0.6 is 11.8 Å². The molecule has 0 aromatic rings. The molecule has 7 heteroatoms. The molecule has 96 valence electrons. The van der Waals surface area contributed by atoms with Crippen LogP contribution in [0.3, 0.4) is 0 Å². The minimum atomic E-state index is -0.950. The lowest BCUT2D eigenvalue weighted by atomic mass is 10.2. The Morgan fingerprint density at radius 3 is 2.71 bits per heavy atom. The van der Waals surface area contributed by atoms with Crippen molar-refractivity contribution < 1.29 is 19.5 Å². The fourth-order valence-electron chi connectivity index (χ4n) is 1.43. The summed E-state index contributed by atoms with van der Waals surface area (Å²) in [7, 11) is 0. The van der Waals surface area contributed by atoms with Gasteiger partial charge in [0.25, 0.3) is 0 Å². The molecule has 1 heterocycles. The molecule has 1 fully saturated rings. The van der Waals surface area contributed by atoms with Crippen molar-refractivity contribution in [2.75, 3.05) is 18.2 Å². The van der Waals surface area contributed by atoms with E-state index in [-0.39, 0.29) is 18.4 Å². The molecule has 1 saturated heterocycles. The van der Waals surface area contributed by atoms with E-state index in [0.29, 0.717) is 11.6 Å². The van der Waals surface area contributed by atoms with Crippen molar-refractivity contribution in [1.82, 2.24) is 10.2 Å². The third kappa shape index (κ3) is 3.62.